The van der Waals surface area contributed by atoms with Crippen molar-refractivity contribution in [3.05, 3.63) is 22.4 Å². The first-order chi connectivity index (χ1) is 6.70. The summed E-state index contributed by atoms with van der Waals surface area (Å²) in [6, 6.07) is 7.18. The van der Waals surface area contributed by atoms with Gasteiger partial charge in [-0.25, -0.2) is 0 Å². The summed E-state index contributed by atoms with van der Waals surface area (Å²) in [7, 11) is -1.65. The zero-order chi connectivity index (χ0) is 10.6. The molecule has 0 atom stereocenters. The van der Waals surface area contributed by atoms with E-state index in [1.54, 1.807) is 11.3 Å². The molecule has 0 bridgehead atoms. The second-order valence-electron chi connectivity index (χ2n) is 3.65. The molecule has 0 aliphatic carbocycles. The maximum atomic E-state index is 12.3. The molecule has 14 heavy (non-hydrogen) atoms. The number of carbonyl (C=O) groups excluding carboxylic acids is 1. The van der Waals surface area contributed by atoms with Crippen LogP contribution < -0.4 is 0 Å². The lowest BCUT2D eigenvalue weighted by Gasteiger charge is -2.25. The standard InChI is InChI=1S/C11H18OSSi/c1-4-14(5-2,6-3)11(12)10-8-7-9-13-10/h7-9H,4-6H2,1-3H3. The average Bonchev–Trinajstić information content (AvgIpc) is 2.74. The van der Waals surface area contributed by atoms with E-state index in [-0.39, 0.29) is 0 Å². The van der Waals surface area contributed by atoms with Gasteiger partial charge in [0.2, 0.25) is 0 Å². The van der Waals surface area contributed by atoms with E-state index < -0.39 is 8.07 Å². The van der Waals surface area contributed by atoms with Crippen molar-refractivity contribution in [1.29, 1.82) is 0 Å². The van der Waals surface area contributed by atoms with E-state index in [4.69, 9.17) is 0 Å². The van der Waals surface area contributed by atoms with Gasteiger partial charge in [-0.3, -0.25) is 4.79 Å². The molecule has 0 N–H and O–H groups in total. The molecule has 78 valence electrons. The van der Waals surface area contributed by atoms with Gasteiger partial charge < -0.3 is 0 Å². The van der Waals surface area contributed by atoms with Gasteiger partial charge in [0.1, 0.15) is 13.5 Å². The molecule has 0 unspecified atom stereocenters. The van der Waals surface area contributed by atoms with Gasteiger partial charge in [0.05, 0.1) is 4.88 Å². The van der Waals surface area contributed by atoms with Gasteiger partial charge in [-0.1, -0.05) is 45.0 Å². The highest BCUT2D eigenvalue weighted by atomic mass is 32.1. The van der Waals surface area contributed by atoms with Gasteiger partial charge in [0.15, 0.2) is 0 Å². The minimum atomic E-state index is -1.65. The van der Waals surface area contributed by atoms with Crippen molar-refractivity contribution in [1.82, 2.24) is 0 Å². The van der Waals surface area contributed by atoms with Gasteiger partial charge in [0, 0.05) is 0 Å². The third-order valence-corrected chi connectivity index (χ3v) is 9.60. The van der Waals surface area contributed by atoms with Crippen LogP contribution in [0.3, 0.4) is 0 Å². The summed E-state index contributed by atoms with van der Waals surface area (Å²) >= 11 is 1.59. The lowest BCUT2D eigenvalue weighted by molar-refractivity contribution is 0.106. The van der Waals surface area contributed by atoms with Crippen LogP contribution in [-0.2, 0) is 0 Å². The topological polar surface area (TPSA) is 17.1 Å². The number of carbonyl (C=O) groups is 1. The summed E-state index contributed by atoms with van der Waals surface area (Å²) in [5.41, 5.74) is 0. The molecule has 1 rings (SSSR count). The summed E-state index contributed by atoms with van der Waals surface area (Å²) < 4.78 is 0. The maximum Gasteiger partial charge on any atom is 0.150 e. The van der Waals surface area contributed by atoms with Crippen LogP contribution in [-0.4, -0.2) is 13.5 Å². The van der Waals surface area contributed by atoms with Gasteiger partial charge in [0.25, 0.3) is 0 Å². The summed E-state index contributed by atoms with van der Waals surface area (Å²) in [5, 5.41) is 2.47. The van der Waals surface area contributed by atoms with E-state index in [9.17, 15) is 4.79 Å². The Labute approximate surface area is 91.2 Å². The largest absolute Gasteiger partial charge is 0.299 e. The molecule has 1 heterocycles. The van der Waals surface area contributed by atoms with Gasteiger partial charge in [-0.05, 0) is 11.4 Å². The summed E-state index contributed by atoms with van der Waals surface area (Å²) in [4.78, 5) is 13.3. The molecule has 1 aromatic rings. The van der Waals surface area contributed by atoms with Crippen LogP contribution in [0.25, 0.3) is 0 Å². The molecule has 0 radical (unpaired) electrons. The van der Waals surface area contributed by atoms with Crippen LogP contribution in [0.5, 0.6) is 0 Å². The van der Waals surface area contributed by atoms with Crippen molar-refractivity contribution in [2.24, 2.45) is 0 Å². The average molecular weight is 226 g/mol. The molecule has 0 aromatic carbocycles. The number of hydrogen-bond acceptors (Lipinski definition) is 2. The molecule has 0 aliphatic rings. The Hall–Kier alpha value is -0.413. The molecular formula is C11H18OSSi. The van der Waals surface area contributed by atoms with E-state index >= 15 is 0 Å². The lowest BCUT2D eigenvalue weighted by Crippen LogP contribution is -2.41. The minimum Gasteiger partial charge on any atom is -0.299 e. The van der Waals surface area contributed by atoms with E-state index in [2.05, 4.69) is 20.8 Å². The fourth-order valence-corrected chi connectivity index (χ4v) is 6.36. The Morgan fingerprint density at radius 2 is 1.86 bits per heavy atom. The number of hydrogen-bond donors (Lipinski definition) is 0. The predicted molar refractivity (Wildman–Crippen MR) is 65.8 cm³/mol. The molecule has 0 spiro atoms. The van der Waals surface area contributed by atoms with Gasteiger partial charge >= 0.3 is 0 Å². The van der Waals surface area contributed by atoms with E-state index in [1.165, 1.54) is 0 Å². The summed E-state index contributed by atoms with van der Waals surface area (Å²) in [5.74, 6) is 0. The molecule has 0 aliphatic heterocycles. The van der Waals surface area contributed by atoms with Crippen LogP contribution in [0, 0.1) is 0 Å². The Morgan fingerprint density at radius 3 is 2.21 bits per heavy atom. The van der Waals surface area contributed by atoms with Crippen molar-refractivity contribution in [3.63, 3.8) is 0 Å². The number of rotatable bonds is 5. The zero-order valence-electron chi connectivity index (χ0n) is 9.17. The fraction of sp³-hybridized carbons (Fsp3) is 0.545. The molecule has 1 nitrogen and oxygen atoms in total. The zero-order valence-corrected chi connectivity index (χ0v) is 11.0. The second-order valence-corrected chi connectivity index (χ2v) is 9.73. The highest BCUT2D eigenvalue weighted by Crippen LogP contribution is 2.26. The van der Waals surface area contributed by atoms with Crippen LogP contribution in [0.1, 0.15) is 30.4 Å². The fourth-order valence-electron chi connectivity index (χ4n) is 1.90. The first kappa shape index (κ1) is 11.7. The Kier molecular flexibility index (Phi) is 4.07. The minimum absolute atomic E-state index is 0.472. The van der Waals surface area contributed by atoms with E-state index in [1.807, 2.05) is 17.5 Å². The van der Waals surface area contributed by atoms with Crippen molar-refractivity contribution < 1.29 is 4.79 Å². The third-order valence-electron chi connectivity index (χ3n) is 3.26. The smallest absolute Gasteiger partial charge is 0.150 e. The van der Waals surface area contributed by atoms with Crippen molar-refractivity contribution in [3.8, 4) is 0 Å². The highest BCUT2D eigenvalue weighted by Gasteiger charge is 2.36. The van der Waals surface area contributed by atoms with Crippen molar-refractivity contribution >= 4 is 24.8 Å². The molecule has 0 saturated heterocycles. The Morgan fingerprint density at radius 1 is 1.29 bits per heavy atom. The van der Waals surface area contributed by atoms with Crippen molar-refractivity contribution in [2.75, 3.05) is 0 Å². The maximum absolute atomic E-state index is 12.3. The van der Waals surface area contributed by atoms with Crippen LogP contribution >= 0.6 is 11.3 Å². The van der Waals surface area contributed by atoms with Crippen molar-refractivity contribution in [2.45, 2.75) is 38.9 Å². The van der Waals surface area contributed by atoms with Crippen LogP contribution in [0.15, 0.2) is 17.5 Å². The first-order valence-electron chi connectivity index (χ1n) is 5.28. The normalized spacial score (nSPS) is 11.6. The lowest BCUT2D eigenvalue weighted by atomic mass is 10.5. The SMILES string of the molecule is CC[Si](CC)(CC)C(=O)c1cccs1. The molecule has 1 aromatic heterocycles. The number of thiophene rings is 1. The van der Waals surface area contributed by atoms with E-state index in [0.717, 1.165) is 23.0 Å². The molecule has 0 amide bonds. The van der Waals surface area contributed by atoms with Crippen LogP contribution in [0.4, 0.5) is 0 Å². The summed E-state index contributed by atoms with van der Waals surface area (Å²) in [6.45, 7) is 6.51. The quantitative estimate of drug-likeness (QED) is 0.694. The molecule has 0 saturated carbocycles. The highest BCUT2D eigenvalue weighted by molar-refractivity contribution is 7.19. The Bertz CT molecular complexity index is 280. The van der Waals surface area contributed by atoms with E-state index in [0.29, 0.717) is 5.41 Å². The predicted octanol–water partition coefficient (Wildman–Crippen LogP) is 3.98. The third kappa shape index (κ3) is 1.98. The monoisotopic (exact) mass is 226 g/mol. The Balaban J connectivity index is 2.95. The van der Waals surface area contributed by atoms with Gasteiger partial charge in [-0.15, -0.1) is 11.3 Å². The second kappa shape index (κ2) is 4.89. The molecule has 0 fully saturated rings. The molecular weight excluding hydrogens is 208 g/mol. The summed E-state index contributed by atoms with van der Waals surface area (Å²) in [6.07, 6.45) is 0. The van der Waals surface area contributed by atoms with Gasteiger partial charge in [-0.2, -0.15) is 0 Å². The van der Waals surface area contributed by atoms with Crippen LogP contribution in [0.2, 0.25) is 18.1 Å². The molecule has 3 heteroatoms. The first-order valence-corrected chi connectivity index (χ1v) is 8.78.